The third kappa shape index (κ3) is 4.31. The van der Waals surface area contributed by atoms with Gasteiger partial charge in [0.25, 0.3) is 0 Å². The molecule has 0 spiro atoms. The highest BCUT2D eigenvalue weighted by Gasteiger charge is 2.09. The molecule has 0 fully saturated rings. The zero-order valence-corrected chi connectivity index (χ0v) is 16.8. The van der Waals surface area contributed by atoms with E-state index in [4.69, 9.17) is 0 Å². The first kappa shape index (κ1) is 19.4. The van der Waals surface area contributed by atoms with Crippen LogP contribution in [0.3, 0.4) is 0 Å². The Morgan fingerprint density at radius 1 is 1.07 bits per heavy atom. The van der Waals surface area contributed by atoms with Crippen molar-refractivity contribution in [2.24, 2.45) is 5.10 Å². The molecular weight excluding hydrogens is 348 g/mol. The topological polar surface area (TPSA) is 58.4 Å². The molecule has 5 nitrogen and oxygen atoms in total. The van der Waals surface area contributed by atoms with Crippen LogP contribution in [0.5, 0.6) is 0 Å². The molecule has 0 bridgehead atoms. The van der Waals surface area contributed by atoms with Crippen LogP contribution >= 0.6 is 0 Å². The summed E-state index contributed by atoms with van der Waals surface area (Å²) in [5.74, 6) is 0. The van der Waals surface area contributed by atoms with Crippen molar-refractivity contribution in [3.8, 4) is 5.69 Å². The Hall–Kier alpha value is -3.34. The average molecular weight is 374 g/mol. The van der Waals surface area contributed by atoms with Crippen molar-refractivity contribution < 1.29 is 4.79 Å². The molecule has 144 valence electrons. The van der Waals surface area contributed by atoms with E-state index in [1.54, 1.807) is 6.21 Å². The molecule has 0 aliphatic rings. The summed E-state index contributed by atoms with van der Waals surface area (Å²) in [6, 6.07) is 17.9. The van der Waals surface area contributed by atoms with Crippen LogP contribution in [0.2, 0.25) is 0 Å². The van der Waals surface area contributed by atoms with Gasteiger partial charge in [-0.15, -0.1) is 0 Å². The zero-order valence-electron chi connectivity index (χ0n) is 16.8. The lowest BCUT2D eigenvalue weighted by Crippen LogP contribution is -2.24. The van der Waals surface area contributed by atoms with Crippen LogP contribution in [-0.4, -0.2) is 16.8 Å². The highest BCUT2D eigenvalue weighted by Crippen LogP contribution is 2.20. The summed E-state index contributed by atoms with van der Waals surface area (Å²) in [4.78, 5) is 12.1. The van der Waals surface area contributed by atoms with Crippen LogP contribution in [0, 0.1) is 20.8 Å². The van der Waals surface area contributed by atoms with Crippen molar-refractivity contribution >= 4 is 17.9 Å². The van der Waals surface area contributed by atoms with Crippen LogP contribution in [0.1, 0.15) is 35.0 Å². The Labute approximate surface area is 166 Å². The number of aromatic nitrogens is 1. The fourth-order valence-electron chi connectivity index (χ4n) is 3.22. The number of para-hydroxylation sites is 1. The molecule has 1 heterocycles. The lowest BCUT2D eigenvalue weighted by atomic mass is 10.1. The number of hydrazone groups is 1. The van der Waals surface area contributed by atoms with Gasteiger partial charge in [-0.1, -0.05) is 37.3 Å². The molecule has 5 heteroatoms. The standard InChI is InChI=1S/C23H26N4O/c1-5-19-10-12-21(13-11-19)27-17(3)14-20(18(27)4)15-24-26-23(28)25-22-9-7-6-8-16(22)2/h6-15H,5H2,1-4H3,(H2,25,26,28)/b24-15+. The molecule has 0 atom stereocenters. The number of hydrogen-bond acceptors (Lipinski definition) is 2. The SMILES string of the molecule is CCc1ccc(-n2c(C)cc(/C=N/NC(=O)Nc3ccccc3C)c2C)cc1. The van der Waals surface area contributed by atoms with Gasteiger partial charge in [0.2, 0.25) is 0 Å². The molecule has 0 radical (unpaired) electrons. The monoisotopic (exact) mass is 374 g/mol. The van der Waals surface area contributed by atoms with Crippen molar-refractivity contribution in [3.05, 3.63) is 82.7 Å². The minimum Gasteiger partial charge on any atom is -0.318 e. The number of amides is 2. The molecule has 3 rings (SSSR count). The first-order valence-corrected chi connectivity index (χ1v) is 9.43. The Balaban J connectivity index is 1.70. The Morgan fingerprint density at radius 2 is 1.79 bits per heavy atom. The van der Waals surface area contributed by atoms with E-state index >= 15 is 0 Å². The number of benzene rings is 2. The minimum atomic E-state index is -0.366. The van der Waals surface area contributed by atoms with Gasteiger partial charge in [0.15, 0.2) is 0 Å². The number of rotatable bonds is 5. The maximum atomic E-state index is 12.1. The molecule has 0 aliphatic carbocycles. The zero-order chi connectivity index (χ0) is 20.1. The quantitative estimate of drug-likeness (QED) is 0.472. The first-order valence-electron chi connectivity index (χ1n) is 9.43. The second kappa shape index (κ2) is 8.57. The first-order chi connectivity index (χ1) is 13.5. The predicted molar refractivity (Wildman–Crippen MR) is 116 cm³/mol. The van der Waals surface area contributed by atoms with Crippen LogP contribution < -0.4 is 10.7 Å². The summed E-state index contributed by atoms with van der Waals surface area (Å²) in [6.07, 6.45) is 2.70. The summed E-state index contributed by atoms with van der Waals surface area (Å²) in [5.41, 5.74) is 9.89. The largest absolute Gasteiger partial charge is 0.339 e. The van der Waals surface area contributed by atoms with Gasteiger partial charge >= 0.3 is 6.03 Å². The Bertz CT molecular complexity index is 1000. The van der Waals surface area contributed by atoms with Crippen LogP contribution in [0.25, 0.3) is 5.69 Å². The van der Waals surface area contributed by atoms with Gasteiger partial charge in [0, 0.05) is 28.3 Å². The molecule has 1 aromatic heterocycles. The van der Waals surface area contributed by atoms with Gasteiger partial charge in [0.05, 0.1) is 6.21 Å². The summed E-state index contributed by atoms with van der Waals surface area (Å²) in [5, 5.41) is 6.90. The van der Waals surface area contributed by atoms with Crippen molar-refractivity contribution in [3.63, 3.8) is 0 Å². The number of urea groups is 1. The number of hydrogen-bond donors (Lipinski definition) is 2. The lowest BCUT2D eigenvalue weighted by Gasteiger charge is -2.10. The average Bonchev–Trinajstić information content (AvgIpc) is 2.97. The van der Waals surface area contributed by atoms with Gasteiger partial charge in [-0.3, -0.25) is 0 Å². The molecule has 0 saturated heterocycles. The Kier molecular flexibility index (Phi) is 5.94. The van der Waals surface area contributed by atoms with Crippen molar-refractivity contribution in [2.45, 2.75) is 34.1 Å². The molecule has 2 N–H and O–H groups in total. The van der Waals surface area contributed by atoms with Crippen molar-refractivity contribution in [1.29, 1.82) is 0 Å². The van der Waals surface area contributed by atoms with Gasteiger partial charge in [-0.25, -0.2) is 10.2 Å². The van der Waals surface area contributed by atoms with E-state index in [9.17, 15) is 4.79 Å². The highest BCUT2D eigenvalue weighted by molar-refractivity contribution is 5.91. The molecule has 0 aliphatic heterocycles. The number of nitrogens with zero attached hydrogens (tertiary/aromatic N) is 2. The molecule has 2 amide bonds. The summed E-state index contributed by atoms with van der Waals surface area (Å²) >= 11 is 0. The molecule has 2 aromatic carbocycles. The lowest BCUT2D eigenvalue weighted by molar-refractivity contribution is 0.252. The molecule has 0 unspecified atom stereocenters. The predicted octanol–water partition coefficient (Wildman–Crippen LogP) is 5.12. The highest BCUT2D eigenvalue weighted by atomic mass is 16.2. The third-order valence-corrected chi connectivity index (χ3v) is 4.84. The van der Waals surface area contributed by atoms with Gasteiger partial charge < -0.3 is 9.88 Å². The summed E-state index contributed by atoms with van der Waals surface area (Å²) < 4.78 is 2.19. The fraction of sp³-hybridized carbons (Fsp3) is 0.217. The molecule has 28 heavy (non-hydrogen) atoms. The maximum absolute atomic E-state index is 12.1. The van der Waals surface area contributed by atoms with Gasteiger partial charge in [0.1, 0.15) is 0 Å². The van der Waals surface area contributed by atoms with E-state index in [-0.39, 0.29) is 6.03 Å². The van der Waals surface area contributed by atoms with E-state index < -0.39 is 0 Å². The smallest absolute Gasteiger partial charge is 0.318 e. The normalized spacial score (nSPS) is 11.0. The van der Waals surface area contributed by atoms with E-state index in [0.29, 0.717) is 0 Å². The van der Waals surface area contributed by atoms with Crippen molar-refractivity contribution in [1.82, 2.24) is 9.99 Å². The van der Waals surface area contributed by atoms with E-state index in [1.807, 2.05) is 31.2 Å². The number of carbonyl (C=O) groups excluding carboxylic acids is 1. The third-order valence-electron chi connectivity index (χ3n) is 4.84. The maximum Gasteiger partial charge on any atom is 0.339 e. The number of aryl methyl sites for hydroxylation is 3. The van der Waals surface area contributed by atoms with Crippen molar-refractivity contribution in [2.75, 3.05) is 5.32 Å². The second-order valence-electron chi connectivity index (χ2n) is 6.82. The number of carbonyl (C=O) groups is 1. The van der Waals surface area contributed by atoms with Crippen LogP contribution in [-0.2, 0) is 6.42 Å². The van der Waals surface area contributed by atoms with E-state index in [1.165, 1.54) is 5.56 Å². The fourth-order valence-corrected chi connectivity index (χ4v) is 3.22. The summed E-state index contributed by atoms with van der Waals surface area (Å²) in [7, 11) is 0. The van der Waals surface area contributed by atoms with Crippen LogP contribution in [0.15, 0.2) is 59.7 Å². The van der Waals surface area contributed by atoms with Crippen LogP contribution in [0.4, 0.5) is 10.5 Å². The van der Waals surface area contributed by atoms with Gasteiger partial charge in [-0.05, 0) is 62.6 Å². The van der Waals surface area contributed by atoms with Gasteiger partial charge in [-0.2, -0.15) is 5.10 Å². The van der Waals surface area contributed by atoms with E-state index in [2.05, 4.69) is 71.5 Å². The molecule has 0 saturated carbocycles. The van der Waals surface area contributed by atoms with E-state index in [0.717, 1.165) is 40.3 Å². The minimum absolute atomic E-state index is 0.366. The molecule has 3 aromatic rings. The number of nitrogens with one attached hydrogen (secondary N) is 2. The number of anilines is 1. The molecular formula is C23H26N4O. The second-order valence-corrected chi connectivity index (χ2v) is 6.82. The summed E-state index contributed by atoms with van der Waals surface area (Å²) in [6.45, 7) is 8.21. The Morgan fingerprint density at radius 3 is 2.46 bits per heavy atom.